The Balaban J connectivity index is 1.66. The van der Waals surface area contributed by atoms with E-state index in [9.17, 15) is 4.39 Å². The summed E-state index contributed by atoms with van der Waals surface area (Å²) >= 11 is 7.63. The van der Waals surface area contributed by atoms with E-state index < -0.39 is 0 Å². The lowest BCUT2D eigenvalue weighted by Crippen LogP contribution is -2.16. The average Bonchev–Trinajstić information content (AvgIpc) is 3.30. The summed E-state index contributed by atoms with van der Waals surface area (Å²) in [5.74, 6) is 0.692. The fourth-order valence-corrected chi connectivity index (χ4v) is 3.23. The van der Waals surface area contributed by atoms with Gasteiger partial charge in [0, 0.05) is 28.3 Å². The van der Waals surface area contributed by atoms with Crippen molar-refractivity contribution in [1.29, 1.82) is 0 Å². The van der Waals surface area contributed by atoms with Crippen LogP contribution in [0.3, 0.4) is 0 Å². The van der Waals surface area contributed by atoms with Crippen LogP contribution in [0.5, 0.6) is 0 Å². The van der Waals surface area contributed by atoms with Gasteiger partial charge in [0.15, 0.2) is 0 Å². The van der Waals surface area contributed by atoms with Crippen molar-refractivity contribution >= 4 is 23.4 Å². The normalized spacial score (nSPS) is 14.4. The van der Waals surface area contributed by atoms with Crippen LogP contribution < -0.4 is 5.32 Å². The zero-order chi connectivity index (χ0) is 14.7. The Morgan fingerprint density at radius 3 is 2.62 bits per heavy atom. The molecule has 4 heteroatoms. The van der Waals surface area contributed by atoms with Gasteiger partial charge in [-0.1, -0.05) is 23.7 Å². The standard InChI is InChI=1S/C17H17ClFNS/c18-14-3-1-12(2-4-14)11-21-17-8-5-15(19)9-13(17)10-20-16-6-7-16/h1-5,8-9,16,20H,6-7,10-11H2. The van der Waals surface area contributed by atoms with Crippen molar-refractivity contribution in [2.75, 3.05) is 0 Å². The Bertz CT molecular complexity index is 611. The maximum atomic E-state index is 13.4. The molecule has 0 aromatic heterocycles. The van der Waals surface area contributed by atoms with Crippen LogP contribution in [-0.2, 0) is 12.3 Å². The molecule has 0 spiro atoms. The predicted molar refractivity (Wildman–Crippen MR) is 87.3 cm³/mol. The molecule has 0 amide bonds. The fraction of sp³-hybridized carbons (Fsp3) is 0.294. The van der Waals surface area contributed by atoms with Crippen LogP contribution in [0, 0.1) is 5.82 Å². The van der Waals surface area contributed by atoms with Gasteiger partial charge in [-0.15, -0.1) is 11.8 Å². The van der Waals surface area contributed by atoms with E-state index in [2.05, 4.69) is 5.32 Å². The van der Waals surface area contributed by atoms with E-state index in [1.54, 1.807) is 17.8 Å². The third-order valence-electron chi connectivity index (χ3n) is 3.49. The second-order valence-corrected chi connectivity index (χ2v) is 6.78. The number of hydrogen-bond donors (Lipinski definition) is 1. The van der Waals surface area contributed by atoms with Crippen LogP contribution in [0.15, 0.2) is 47.4 Å². The van der Waals surface area contributed by atoms with E-state index in [0.29, 0.717) is 6.04 Å². The van der Waals surface area contributed by atoms with E-state index >= 15 is 0 Å². The van der Waals surface area contributed by atoms with Gasteiger partial charge in [0.25, 0.3) is 0 Å². The SMILES string of the molecule is Fc1ccc(SCc2ccc(Cl)cc2)c(CNC2CC2)c1. The van der Waals surface area contributed by atoms with Crippen LogP contribution in [0.2, 0.25) is 5.02 Å². The number of nitrogens with one attached hydrogen (secondary N) is 1. The molecule has 1 aliphatic carbocycles. The van der Waals surface area contributed by atoms with E-state index in [-0.39, 0.29) is 5.82 Å². The van der Waals surface area contributed by atoms with Crippen molar-refractivity contribution in [3.63, 3.8) is 0 Å². The van der Waals surface area contributed by atoms with Gasteiger partial charge in [0.1, 0.15) is 5.82 Å². The van der Waals surface area contributed by atoms with Crippen molar-refractivity contribution in [2.24, 2.45) is 0 Å². The molecule has 0 bridgehead atoms. The van der Waals surface area contributed by atoms with Gasteiger partial charge in [-0.05, 0) is 54.3 Å². The Kier molecular flexibility index (Phi) is 4.84. The van der Waals surface area contributed by atoms with E-state index in [1.807, 2.05) is 30.3 Å². The first-order valence-electron chi connectivity index (χ1n) is 7.10. The van der Waals surface area contributed by atoms with Crippen molar-refractivity contribution in [1.82, 2.24) is 5.32 Å². The zero-order valence-corrected chi connectivity index (χ0v) is 13.2. The molecule has 0 atom stereocenters. The first-order valence-corrected chi connectivity index (χ1v) is 8.46. The number of halogens is 2. The Morgan fingerprint density at radius 1 is 1.14 bits per heavy atom. The molecule has 21 heavy (non-hydrogen) atoms. The first kappa shape index (κ1) is 14.9. The van der Waals surface area contributed by atoms with Crippen LogP contribution in [0.1, 0.15) is 24.0 Å². The molecule has 1 N–H and O–H groups in total. The summed E-state index contributed by atoms with van der Waals surface area (Å²) in [6.45, 7) is 0.741. The molecule has 110 valence electrons. The number of hydrogen-bond acceptors (Lipinski definition) is 2. The van der Waals surface area contributed by atoms with Crippen LogP contribution in [-0.4, -0.2) is 6.04 Å². The highest BCUT2D eigenvalue weighted by Crippen LogP contribution is 2.28. The number of benzene rings is 2. The highest BCUT2D eigenvalue weighted by Gasteiger charge is 2.20. The molecule has 1 fully saturated rings. The average molecular weight is 322 g/mol. The van der Waals surface area contributed by atoms with Crippen molar-refractivity contribution in [3.05, 3.63) is 64.4 Å². The van der Waals surface area contributed by atoms with E-state index in [4.69, 9.17) is 11.6 Å². The molecular weight excluding hydrogens is 305 g/mol. The maximum Gasteiger partial charge on any atom is 0.123 e. The summed E-state index contributed by atoms with van der Waals surface area (Å²) in [6, 6.07) is 13.5. The first-order chi connectivity index (χ1) is 10.2. The minimum Gasteiger partial charge on any atom is -0.310 e. The molecular formula is C17H17ClFNS. The molecule has 2 aromatic rings. The van der Waals surface area contributed by atoms with Gasteiger partial charge < -0.3 is 5.32 Å². The van der Waals surface area contributed by atoms with Crippen LogP contribution >= 0.6 is 23.4 Å². The van der Waals surface area contributed by atoms with Gasteiger partial charge in [-0.3, -0.25) is 0 Å². The second-order valence-electron chi connectivity index (χ2n) is 5.32. The molecule has 0 radical (unpaired) electrons. The zero-order valence-electron chi connectivity index (χ0n) is 11.6. The molecule has 0 saturated heterocycles. The number of thioether (sulfide) groups is 1. The van der Waals surface area contributed by atoms with Crippen LogP contribution in [0.4, 0.5) is 4.39 Å². The summed E-state index contributed by atoms with van der Waals surface area (Å²) in [7, 11) is 0. The highest BCUT2D eigenvalue weighted by atomic mass is 35.5. The van der Waals surface area contributed by atoms with Crippen molar-refractivity contribution < 1.29 is 4.39 Å². The highest BCUT2D eigenvalue weighted by molar-refractivity contribution is 7.98. The smallest absolute Gasteiger partial charge is 0.123 e. The molecule has 0 aliphatic heterocycles. The fourth-order valence-electron chi connectivity index (χ4n) is 2.11. The third kappa shape index (κ3) is 4.47. The molecule has 1 nitrogen and oxygen atoms in total. The molecule has 3 rings (SSSR count). The maximum absolute atomic E-state index is 13.4. The lowest BCUT2D eigenvalue weighted by Gasteiger charge is -2.10. The predicted octanol–water partition coefficient (Wildman–Crippen LogP) is 5.02. The summed E-state index contributed by atoms with van der Waals surface area (Å²) in [6.07, 6.45) is 2.48. The molecule has 1 aliphatic rings. The molecule has 0 heterocycles. The van der Waals surface area contributed by atoms with Gasteiger partial charge in [-0.2, -0.15) is 0 Å². The summed E-state index contributed by atoms with van der Waals surface area (Å²) < 4.78 is 13.4. The Morgan fingerprint density at radius 2 is 1.90 bits per heavy atom. The Hall–Kier alpha value is -1.03. The van der Waals surface area contributed by atoms with Gasteiger partial charge in [0.05, 0.1) is 0 Å². The molecule has 0 unspecified atom stereocenters. The number of rotatable bonds is 6. The summed E-state index contributed by atoms with van der Waals surface area (Å²) in [4.78, 5) is 1.14. The van der Waals surface area contributed by atoms with Gasteiger partial charge in [0.2, 0.25) is 0 Å². The second kappa shape index (κ2) is 6.82. The quantitative estimate of drug-likeness (QED) is 0.749. The van der Waals surface area contributed by atoms with Crippen molar-refractivity contribution in [2.45, 2.75) is 36.1 Å². The topological polar surface area (TPSA) is 12.0 Å². The third-order valence-corrected chi connectivity index (χ3v) is 4.93. The molecule has 2 aromatic carbocycles. The minimum absolute atomic E-state index is 0.168. The van der Waals surface area contributed by atoms with Gasteiger partial charge >= 0.3 is 0 Å². The lowest BCUT2D eigenvalue weighted by molar-refractivity contribution is 0.616. The van der Waals surface area contributed by atoms with Gasteiger partial charge in [-0.25, -0.2) is 4.39 Å². The van der Waals surface area contributed by atoms with E-state index in [1.165, 1.54) is 24.5 Å². The molecule has 1 saturated carbocycles. The van der Waals surface area contributed by atoms with Crippen molar-refractivity contribution in [3.8, 4) is 0 Å². The Labute approximate surface area is 133 Å². The lowest BCUT2D eigenvalue weighted by atomic mass is 10.2. The minimum atomic E-state index is -0.168. The summed E-state index contributed by atoms with van der Waals surface area (Å²) in [5.41, 5.74) is 2.26. The monoisotopic (exact) mass is 321 g/mol. The summed E-state index contributed by atoms with van der Waals surface area (Å²) in [5, 5.41) is 4.20. The van der Waals surface area contributed by atoms with E-state index in [0.717, 1.165) is 27.8 Å². The largest absolute Gasteiger partial charge is 0.310 e. The van der Waals surface area contributed by atoms with Crippen LogP contribution in [0.25, 0.3) is 0 Å².